The Labute approximate surface area is 111 Å². The molecule has 1 aliphatic rings. The molecule has 0 bridgehead atoms. The number of aliphatic hydroxyl groups excluding tert-OH is 1. The van der Waals surface area contributed by atoms with Gasteiger partial charge < -0.3 is 15.3 Å². The largest absolute Gasteiger partial charge is 0.395 e. The number of thiazole rings is 1. The predicted molar refractivity (Wildman–Crippen MR) is 70.9 cm³/mol. The van der Waals surface area contributed by atoms with Gasteiger partial charge >= 0.3 is 0 Å². The molecule has 2 N–H and O–H groups in total. The maximum Gasteiger partial charge on any atom is 0.265 e. The fraction of sp³-hybridized carbons (Fsp3) is 0.667. The lowest BCUT2D eigenvalue weighted by atomic mass is 10.2. The van der Waals surface area contributed by atoms with E-state index in [1.54, 1.807) is 11.1 Å². The Morgan fingerprint density at radius 1 is 1.72 bits per heavy atom. The molecule has 1 fully saturated rings. The van der Waals surface area contributed by atoms with Crippen LogP contribution in [0.5, 0.6) is 0 Å². The summed E-state index contributed by atoms with van der Waals surface area (Å²) in [4.78, 5) is 18.8. The van der Waals surface area contributed by atoms with Crippen molar-refractivity contribution in [2.75, 3.05) is 26.2 Å². The molecule has 0 spiro atoms. The first-order valence-electron chi connectivity index (χ1n) is 6.26. The third-order valence-electron chi connectivity index (χ3n) is 3.09. The number of nitrogens with zero attached hydrogens (tertiary/aromatic N) is 2. The molecule has 2 rings (SSSR count). The van der Waals surface area contributed by atoms with Crippen molar-refractivity contribution in [3.05, 3.63) is 16.1 Å². The average Bonchev–Trinajstić information content (AvgIpc) is 2.99. The standard InChI is InChI=1S/C12H19N3O2S/c1-9-14-7-11(18-9)12(17)15(5-6-16)8-10-3-2-4-13-10/h7,10,13,16H,2-6,8H2,1H3. The first-order chi connectivity index (χ1) is 8.70. The maximum atomic E-state index is 12.3. The summed E-state index contributed by atoms with van der Waals surface area (Å²) in [5, 5.41) is 13.3. The number of carbonyl (C=O) groups is 1. The smallest absolute Gasteiger partial charge is 0.265 e. The van der Waals surface area contributed by atoms with Gasteiger partial charge in [0.05, 0.1) is 17.8 Å². The highest BCUT2D eigenvalue weighted by Gasteiger charge is 2.23. The zero-order chi connectivity index (χ0) is 13.0. The summed E-state index contributed by atoms with van der Waals surface area (Å²) in [7, 11) is 0. The van der Waals surface area contributed by atoms with E-state index in [1.165, 1.54) is 11.3 Å². The second-order valence-electron chi connectivity index (χ2n) is 4.51. The molecular formula is C12H19N3O2S. The van der Waals surface area contributed by atoms with Crippen LogP contribution in [0.3, 0.4) is 0 Å². The summed E-state index contributed by atoms with van der Waals surface area (Å²) in [5.41, 5.74) is 0. The molecule has 100 valence electrons. The Bertz CT molecular complexity index is 402. The SMILES string of the molecule is Cc1ncc(C(=O)N(CCO)CC2CCCN2)s1. The lowest BCUT2D eigenvalue weighted by Gasteiger charge is -2.24. The highest BCUT2D eigenvalue weighted by atomic mass is 32.1. The van der Waals surface area contributed by atoms with Crippen LogP contribution < -0.4 is 5.32 Å². The minimum atomic E-state index is -0.0247. The molecule has 5 nitrogen and oxygen atoms in total. The van der Waals surface area contributed by atoms with Crippen molar-refractivity contribution in [1.29, 1.82) is 0 Å². The topological polar surface area (TPSA) is 65.5 Å². The molecule has 1 atom stereocenters. The molecule has 1 saturated heterocycles. The Morgan fingerprint density at radius 3 is 3.11 bits per heavy atom. The van der Waals surface area contributed by atoms with Crippen molar-refractivity contribution in [2.45, 2.75) is 25.8 Å². The quantitative estimate of drug-likeness (QED) is 0.823. The highest BCUT2D eigenvalue weighted by Crippen LogP contribution is 2.15. The number of amides is 1. The average molecular weight is 269 g/mol. The summed E-state index contributed by atoms with van der Waals surface area (Å²) >= 11 is 1.40. The summed E-state index contributed by atoms with van der Waals surface area (Å²) in [5.74, 6) is -0.0247. The van der Waals surface area contributed by atoms with Crippen LogP contribution in [0.15, 0.2) is 6.20 Å². The molecule has 0 aromatic carbocycles. The van der Waals surface area contributed by atoms with Crippen molar-refractivity contribution in [2.24, 2.45) is 0 Å². The Morgan fingerprint density at radius 2 is 2.56 bits per heavy atom. The third-order valence-corrected chi connectivity index (χ3v) is 3.99. The molecular weight excluding hydrogens is 250 g/mol. The summed E-state index contributed by atoms with van der Waals surface area (Å²) in [6, 6.07) is 0.356. The third kappa shape index (κ3) is 3.28. The summed E-state index contributed by atoms with van der Waals surface area (Å²) in [6.45, 7) is 3.95. The van der Waals surface area contributed by atoms with E-state index in [9.17, 15) is 4.79 Å². The molecule has 1 unspecified atom stereocenters. The summed E-state index contributed by atoms with van der Waals surface area (Å²) < 4.78 is 0. The maximum absolute atomic E-state index is 12.3. The Kier molecular flexibility index (Phi) is 4.68. The number of nitrogens with one attached hydrogen (secondary N) is 1. The van der Waals surface area contributed by atoms with Crippen molar-refractivity contribution < 1.29 is 9.90 Å². The number of carbonyl (C=O) groups excluding carboxylic acids is 1. The fourth-order valence-corrected chi connectivity index (χ4v) is 2.94. The molecule has 6 heteroatoms. The van der Waals surface area contributed by atoms with Gasteiger partial charge in [-0.3, -0.25) is 4.79 Å². The molecule has 0 radical (unpaired) electrons. The van der Waals surface area contributed by atoms with Crippen LogP contribution >= 0.6 is 11.3 Å². The summed E-state index contributed by atoms with van der Waals surface area (Å²) in [6.07, 6.45) is 3.87. The normalized spacial score (nSPS) is 19.1. The minimum Gasteiger partial charge on any atom is -0.395 e. The van der Waals surface area contributed by atoms with E-state index in [0.717, 1.165) is 24.4 Å². The van der Waals surface area contributed by atoms with Gasteiger partial charge in [0.15, 0.2) is 0 Å². The Balaban J connectivity index is 2.01. The first kappa shape index (κ1) is 13.5. The van der Waals surface area contributed by atoms with Gasteiger partial charge in [0.1, 0.15) is 4.88 Å². The highest BCUT2D eigenvalue weighted by molar-refractivity contribution is 7.13. The molecule has 2 heterocycles. The van der Waals surface area contributed by atoms with Gasteiger partial charge in [0, 0.05) is 19.1 Å². The van der Waals surface area contributed by atoms with E-state index < -0.39 is 0 Å². The molecule has 0 saturated carbocycles. The van der Waals surface area contributed by atoms with E-state index in [0.29, 0.717) is 24.0 Å². The zero-order valence-electron chi connectivity index (χ0n) is 10.6. The number of hydrogen-bond donors (Lipinski definition) is 2. The van der Waals surface area contributed by atoms with E-state index in [4.69, 9.17) is 5.11 Å². The Hall–Kier alpha value is -0.980. The van der Waals surface area contributed by atoms with E-state index >= 15 is 0 Å². The van der Waals surface area contributed by atoms with Crippen molar-refractivity contribution in [3.8, 4) is 0 Å². The number of aromatic nitrogens is 1. The van der Waals surface area contributed by atoms with E-state index in [1.807, 2.05) is 6.92 Å². The van der Waals surface area contributed by atoms with Crippen LogP contribution in [0.25, 0.3) is 0 Å². The number of rotatable bonds is 5. The number of aryl methyl sites for hydroxylation is 1. The van der Waals surface area contributed by atoms with Gasteiger partial charge in [-0.15, -0.1) is 11.3 Å². The van der Waals surface area contributed by atoms with Gasteiger partial charge in [-0.1, -0.05) is 0 Å². The van der Waals surface area contributed by atoms with Gasteiger partial charge in [0.2, 0.25) is 0 Å². The second-order valence-corrected chi connectivity index (χ2v) is 5.75. The van der Waals surface area contributed by atoms with Crippen LogP contribution in [0.4, 0.5) is 0 Å². The van der Waals surface area contributed by atoms with Gasteiger partial charge in [0.25, 0.3) is 5.91 Å². The van der Waals surface area contributed by atoms with Crippen molar-refractivity contribution >= 4 is 17.2 Å². The number of aliphatic hydroxyl groups is 1. The van der Waals surface area contributed by atoms with Gasteiger partial charge in [-0.25, -0.2) is 4.98 Å². The van der Waals surface area contributed by atoms with E-state index in [2.05, 4.69) is 10.3 Å². The first-order valence-corrected chi connectivity index (χ1v) is 7.08. The second kappa shape index (κ2) is 6.26. The van der Waals surface area contributed by atoms with Crippen LogP contribution in [-0.2, 0) is 0 Å². The van der Waals surface area contributed by atoms with E-state index in [-0.39, 0.29) is 12.5 Å². The monoisotopic (exact) mass is 269 g/mol. The van der Waals surface area contributed by atoms with Crippen molar-refractivity contribution in [3.63, 3.8) is 0 Å². The predicted octanol–water partition coefficient (Wildman–Crippen LogP) is 0.638. The molecule has 1 aromatic rings. The molecule has 0 aliphatic carbocycles. The van der Waals surface area contributed by atoms with Crippen LogP contribution in [0.2, 0.25) is 0 Å². The lowest BCUT2D eigenvalue weighted by Crippen LogP contribution is -2.42. The fourth-order valence-electron chi connectivity index (χ4n) is 2.19. The minimum absolute atomic E-state index is 0.00372. The van der Waals surface area contributed by atoms with Gasteiger partial charge in [-0.2, -0.15) is 0 Å². The molecule has 1 aliphatic heterocycles. The molecule has 1 amide bonds. The van der Waals surface area contributed by atoms with Crippen LogP contribution in [0, 0.1) is 6.92 Å². The number of hydrogen-bond acceptors (Lipinski definition) is 5. The molecule has 1 aromatic heterocycles. The van der Waals surface area contributed by atoms with Crippen LogP contribution in [-0.4, -0.2) is 53.2 Å². The molecule has 18 heavy (non-hydrogen) atoms. The van der Waals surface area contributed by atoms with Gasteiger partial charge in [-0.05, 0) is 26.3 Å². The lowest BCUT2D eigenvalue weighted by molar-refractivity contribution is 0.0711. The van der Waals surface area contributed by atoms with Crippen LogP contribution in [0.1, 0.15) is 27.5 Å². The zero-order valence-corrected chi connectivity index (χ0v) is 11.4. The van der Waals surface area contributed by atoms with Crippen molar-refractivity contribution in [1.82, 2.24) is 15.2 Å².